The van der Waals surface area contributed by atoms with Crippen LogP contribution in [-0.4, -0.2) is 9.13 Å². The summed E-state index contributed by atoms with van der Waals surface area (Å²) in [6.45, 7) is 4.47. The summed E-state index contributed by atoms with van der Waals surface area (Å²) >= 11 is 1.64. The molecule has 5 rings (SSSR count). The molecule has 0 fully saturated rings. The summed E-state index contributed by atoms with van der Waals surface area (Å²) in [5, 5.41) is 0.759. The van der Waals surface area contributed by atoms with Gasteiger partial charge in [0.1, 0.15) is 4.83 Å². The second-order valence-corrected chi connectivity index (χ2v) is 9.59. The fraction of sp³-hybridized carbons (Fsp3) is 0.308. The highest BCUT2D eigenvalue weighted by Crippen LogP contribution is 2.34. The smallest absolute Gasteiger partial charge is 0.280 e. The first-order valence-corrected chi connectivity index (χ1v) is 11.8. The minimum atomic E-state index is -0.325. The number of hydrogen-bond acceptors (Lipinski definition) is 3. The average molecular weight is 431 g/mol. The fourth-order valence-electron chi connectivity index (χ4n) is 4.74. The molecule has 1 aliphatic rings. The van der Waals surface area contributed by atoms with E-state index in [1.54, 1.807) is 11.3 Å². The van der Waals surface area contributed by atoms with Crippen LogP contribution in [0.15, 0.2) is 64.2 Å². The summed E-state index contributed by atoms with van der Waals surface area (Å²) in [7, 11) is 0. The van der Waals surface area contributed by atoms with Crippen LogP contribution >= 0.6 is 11.3 Å². The number of benzene rings is 2. The molecule has 0 amide bonds. The quantitative estimate of drug-likeness (QED) is 0.454. The number of hydrogen-bond donors (Lipinski definition) is 0. The fourth-order valence-corrected chi connectivity index (χ4v) is 6.11. The highest BCUT2D eigenvalue weighted by Gasteiger charge is 2.25. The molecule has 0 N–H and O–H groups in total. The number of aromatic nitrogens is 2. The van der Waals surface area contributed by atoms with Crippen LogP contribution in [0.3, 0.4) is 0 Å². The average Bonchev–Trinajstić information content (AvgIpc) is 3.17. The summed E-state index contributed by atoms with van der Waals surface area (Å²) in [6.07, 6.45) is 4.17. The van der Waals surface area contributed by atoms with Crippen molar-refractivity contribution in [1.29, 1.82) is 0 Å². The minimum absolute atomic E-state index is 0.142. The lowest BCUT2D eigenvalue weighted by Gasteiger charge is -2.18. The normalized spacial score (nSPS) is 14.5. The topological polar surface area (TPSA) is 44.0 Å². The Balaban J connectivity index is 1.79. The van der Waals surface area contributed by atoms with Gasteiger partial charge in [-0.1, -0.05) is 60.2 Å². The summed E-state index contributed by atoms with van der Waals surface area (Å²) in [5.41, 5.74) is 4.01. The Bertz CT molecular complexity index is 1380. The predicted molar refractivity (Wildman–Crippen MR) is 128 cm³/mol. The van der Waals surface area contributed by atoms with E-state index in [0.29, 0.717) is 6.54 Å². The lowest BCUT2D eigenvalue weighted by Crippen LogP contribution is -2.42. The van der Waals surface area contributed by atoms with Crippen LogP contribution in [0, 0.1) is 6.92 Å². The second-order valence-electron chi connectivity index (χ2n) is 8.51. The number of thiophene rings is 1. The van der Waals surface area contributed by atoms with E-state index in [9.17, 15) is 9.59 Å². The van der Waals surface area contributed by atoms with E-state index < -0.39 is 0 Å². The van der Waals surface area contributed by atoms with Gasteiger partial charge in [0.05, 0.1) is 18.0 Å². The van der Waals surface area contributed by atoms with Gasteiger partial charge < -0.3 is 0 Å². The molecule has 0 spiro atoms. The Morgan fingerprint density at radius 2 is 1.77 bits per heavy atom. The first-order chi connectivity index (χ1) is 15.0. The molecule has 2 heterocycles. The zero-order chi connectivity index (χ0) is 21.5. The van der Waals surface area contributed by atoms with E-state index >= 15 is 0 Å². The van der Waals surface area contributed by atoms with Gasteiger partial charge in [-0.25, -0.2) is 4.79 Å². The Hall–Kier alpha value is -2.92. The number of rotatable bonds is 4. The maximum atomic E-state index is 13.8. The van der Waals surface area contributed by atoms with Crippen LogP contribution < -0.4 is 11.2 Å². The van der Waals surface area contributed by atoms with Crippen LogP contribution in [-0.2, 0) is 19.4 Å². The summed E-state index contributed by atoms with van der Waals surface area (Å²) in [6, 6.07) is 17.7. The highest BCUT2D eigenvalue weighted by atomic mass is 32.1. The number of aryl methyl sites for hydroxylation is 3. The minimum Gasteiger partial charge on any atom is -0.280 e. The van der Waals surface area contributed by atoms with Crippen LogP contribution in [0.25, 0.3) is 10.2 Å². The van der Waals surface area contributed by atoms with Crippen molar-refractivity contribution in [2.24, 2.45) is 0 Å². The third kappa shape index (κ3) is 3.47. The molecule has 2 aromatic heterocycles. The third-order valence-corrected chi connectivity index (χ3v) is 7.67. The van der Waals surface area contributed by atoms with Crippen molar-refractivity contribution in [3.05, 3.63) is 103 Å². The molecule has 4 aromatic rings. The van der Waals surface area contributed by atoms with Crippen molar-refractivity contribution in [1.82, 2.24) is 9.13 Å². The van der Waals surface area contributed by atoms with Gasteiger partial charge >= 0.3 is 5.69 Å². The van der Waals surface area contributed by atoms with Gasteiger partial charge in [0.15, 0.2) is 0 Å². The van der Waals surface area contributed by atoms with Gasteiger partial charge in [-0.05, 0) is 56.2 Å². The standard InChI is InChI=1S/C26H26N2O2S/c1-17-9-8-10-19(15-17)16-27-25-23(21-13-6-7-14-22(21)31-25)24(29)28(26(27)30)18(2)20-11-4-3-5-12-20/h3-5,8-12,15,18H,6-7,13-14,16H2,1-2H3. The molecule has 0 radical (unpaired) electrons. The van der Waals surface area contributed by atoms with E-state index in [-0.39, 0.29) is 17.3 Å². The molecular formula is C26H26N2O2S. The summed E-state index contributed by atoms with van der Waals surface area (Å²) in [5.74, 6) is 0. The van der Waals surface area contributed by atoms with Gasteiger partial charge in [-0.3, -0.25) is 13.9 Å². The molecule has 0 saturated heterocycles. The van der Waals surface area contributed by atoms with Gasteiger partial charge in [0.2, 0.25) is 0 Å². The first-order valence-electron chi connectivity index (χ1n) is 10.9. The van der Waals surface area contributed by atoms with E-state index in [1.807, 2.05) is 47.9 Å². The molecule has 0 saturated carbocycles. The van der Waals surface area contributed by atoms with Gasteiger partial charge in [-0.15, -0.1) is 11.3 Å². The molecule has 2 aromatic carbocycles. The Kier molecular flexibility index (Phi) is 5.14. The second kappa shape index (κ2) is 7.97. The Morgan fingerprint density at radius 3 is 2.55 bits per heavy atom. The highest BCUT2D eigenvalue weighted by molar-refractivity contribution is 7.18. The maximum absolute atomic E-state index is 13.8. The zero-order valence-corrected chi connectivity index (χ0v) is 18.7. The number of fused-ring (bicyclic) bond motifs is 3. The van der Waals surface area contributed by atoms with E-state index in [2.05, 4.69) is 25.1 Å². The molecular weight excluding hydrogens is 404 g/mol. The summed E-state index contributed by atoms with van der Waals surface area (Å²) < 4.78 is 3.29. The van der Waals surface area contributed by atoms with Gasteiger partial charge in [0.25, 0.3) is 5.56 Å². The summed E-state index contributed by atoms with van der Waals surface area (Å²) in [4.78, 5) is 29.6. The van der Waals surface area contributed by atoms with Crippen LogP contribution in [0.5, 0.6) is 0 Å². The third-order valence-electron chi connectivity index (χ3n) is 6.36. The predicted octanol–water partition coefficient (Wildman–Crippen LogP) is 5.07. The van der Waals surface area contributed by atoms with Crippen molar-refractivity contribution in [3.8, 4) is 0 Å². The largest absolute Gasteiger partial charge is 0.332 e. The lowest BCUT2D eigenvalue weighted by atomic mass is 9.97. The van der Waals surface area contributed by atoms with Crippen LogP contribution in [0.1, 0.15) is 52.9 Å². The van der Waals surface area contributed by atoms with E-state index in [4.69, 9.17) is 0 Å². The van der Waals surface area contributed by atoms with Gasteiger partial charge in [0, 0.05) is 4.88 Å². The molecule has 1 unspecified atom stereocenters. The van der Waals surface area contributed by atoms with E-state index in [1.165, 1.54) is 20.6 Å². The SMILES string of the molecule is Cc1cccc(Cn2c(=O)n(C(C)c3ccccc3)c(=O)c3c4c(sc32)CCCC4)c1. The van der Waals surface area contributed by atoms with Crippen molar-refractivity contribution in [2.75, 3.05) is 0 Å². The molecule has 1 atom stereocenters. The van der Waals surface area contributed by atoms with Crippen molar-refractivity contribution in [3.63, 3.8) is 0 Å². The van der Waals surface area contributed by atoms with Gasteiger partial charge in [-0.2, -0.15) is 0 Å². The van der Waals surface area contributed by atoms with Crippen LogP contribution in [0.4, 0.5) is 0 Å². The molecule has 0 aliphatic heterocycles. The molecule has 0 bridgehead atoms. The van der Waals surface area contributed by atoms with Crippen LogP contribution in [0.2, 0.25) is 0 Å². The molecule has 31 heavy (non-hydrogen) atoms. The van der Waals surface area contributed by atoms with Crippen molar-refractivity contribution >= 4 is 21.6 Å². The maximum Gasteiger partial charge on any atom is 0.332 e. The molecule has 4 nitrogen and oxygen atoms in total. The lowest BCUT2D eigenvalue weighted by molar-refractivity contribution is 0.551. The van der Waals surface area contributed by atoms with Crippen molar-refractivity contribution < 1.29 is 0 Å². The van der Waals surface area contributed by atoms with E-state index in [0.717, 1.165) is 47.0 Å². The first kappa shape index (κ1) is 20.0. The zero-order valence-electron chi connectivity index (χ0n) is 17.9. The number of nitrogens with zero attached hydrogens (tertiary/aromatic N) is 2. The Labute approximate surface area is 185 Å². The Morgan fingerprint density at radius 1 is 1.00 bits per heavy atom. The van der Waals surface area contributed by atoms with Crippen molar-refractivity contribution in [2.45, 2.75) is 52.1 Å². The molecule has 158 valence electrons. The monoisotopic (exact) mass is 430 g/mol. The molecule has 5 heteroatoms. The molecule has 1 aliphatic carbocycles.